The van der Waals surface area contributed by atoms with Gasteiger partial charge >= 0.3 is 0 Å². The molecule has 5 heteroatoms. The van der Waals surface area contributed by atoms with E-state index < -0.39 is 0 Å². The van der Waals surface area contributed by atoms with E-state index in [-0.39, 0.29) is 5.54 Å². The third-order valence-electron chi connectivity index (χ3n) is 1.46. The van der Waals surface area contributed by atoms with E-state index in [1.54, 1.807) is 0 Å². The Morgan fingerprint density at radius 3 is 2.60 bits per heavy atom. The number of aromatic nitrogens is 3. The van der Waals surface area contributed by atoms with Crippen molar-refractivity contribution in [1.82, 2.24) is 20.1 Å². The van der Waals surface area contributed by atoms with Gasteiger partial charge in [0.05, 0.1) is 5.54 Å². The zero-order valence-corrected chi connectivity index (χ0v) is 7.07. The van der Waals surface area contributed by atoms with E-state index in [0.29, 0.717) is 0 Å². The van der Waals surface area contributed by atoms with Gasteiger partial charge in [0.2, 0.25) is 0 Å². The summed E-state index contributed by atoms with van der Waals surface area (Å²) in [5.41, 5.74) is -0.103. The van der Waals surface area contributed by atoms with Gasteiger partial charge in [0.25, 0.3) is 0 Å². The van der Waals surface area contributed by atoms with Crippen LogP contribution in [-0.4, -0.2) is 21.8 Å². The maximum absolute atomic E-state index is 3.85. The van der Waals surface area contributed by atoms with Crippen molar-refractivity contribution in [2.45, 2.75) is 19.4 Å². The molecule has 0 unspecified atom stereocenters. The van der Waals surface area contributed by atoms with E-state index in [9.17, 15) is 0 Å². The van der Waals surface area contributed by atoms with Crippen LogP contribution in [0.3, 0.4) is 0 Å². The summed E-state index contributed by atoms with van der Waals surface area (Å²) in [7, 11) is 1.89. The fraction of sp³-hybridized carbons (Fsp3) is 0.800. The summed E-state index contributed by atoms with van der Waals surface area (Å²) in [6, 6.07) is 0. The molecule has 0 aromatic carbocycles. The van der Waals surface area contributed by atoms with Crippen molar-refractivity contribution in [2.24, 2.45) is 0 Å². The Hall–Kier alpha value is -0.550. The van der Waals surface area contributed by atoms with Crippen LogP contribution in [0.5, 0.6) is 0 Å². The molecule has 56 valence electrons. The Bertz CT molecular complexity index is 193. The van der Waals surface area contributed by atoms with E-state index in [1.165, 1.54) is 11.5 Å². The summed E-state index contributed by atoms with van der Waals surface area (Å²) in [4.78, 5) is 0. The zero-order valence-electron chi connectivity index (χ0n) is 6.25. The fourth-order valence-corrected chi connectivity index (χ4v) is 1.03. The SMILES string of the molecule is CNC(C)(C)c1nnns1. The van der Waals surface area contributed by atoms with Gasteiger partial charge in [0.1, 0.15) is 0 Å². The lowest BCUT2D eigenvalue weighted by atomic mass is 10.1. The normalized spacial score (nSPS) is 11.9. The first-order chi connectivity index (χ1) is 4.67. The zero-order chi connectivity index (χ0) is 7.61. The van der Waals surface area contributed by atoms with E-state index in [4.69, 9.17) is 0 Å². The first-order valence-electron chi connectivity index (χ1n) is 3.01. The van der Waals surface area contributed by atoms with Gasteiger partial charge in [-0.1, -0.05) is 4.49 Å². The molecule has 0 saturated heterocycles. The van der Waals surface area contributed by atoms with E-state index in [1.807, 2.05) is 20.9 Å². The average Bonchev–Trinajstić information content (AvgIpc) is 2.38. The Labute approximate surface area is 63.8 Å². The predicted octanol–water partition coefficient (Wildman–Crippen LogP) is 0.388. The van der Waals surface area contributed by atoms with Gasteiger partial charge < -0.3 is 5.32 Å². The second kappa shape index (κ2) is 2.59. The van der Waals surface area contributed by atoms with Crippen LogP contribution in [0.4, 0.5) is 0 Å². The van der Waals surface area contributed by atoms with Gasteiger partial charge in [-0.15, -0.1) is 5.10 Å². The second-order valence-corrected chi connectivity index (χ2v) is 3.28. The maximum Gasteiger partial charge on any atom is 0.157 e. The number of hydrogen-bond donors (Lipinski definition) is 1. The molecule has 0 bridgehead atoms. The highest BCUT2D eigenvalue weighted by Gasteiger charge is 2.21. The first-order valence-corrected chi connectivity index (χ1v) is 3.78. The van der Waals surface area contributed by atoms with Crippen LogP contribution < -0.4 is 5.32 Å². The molecule has 1 rings (SSSR count). The molecule has 0 fully saturated rings. The second-order valence-electron chi connectivity index (χ2n) is 2.54. The molecule has 0 radical (unpaired) electrons. The minimum absolute atomic E-state index is 0.103. The van der Waals surface area contributed by atoms with Crippen molar-refractivity contribution in [3.63, 3.8) is 0 Å². The van der Waals surface area contributed by atoms with Crippen molar-refractivity contribution in [3.8, 4) is 0 Å². The van der Waals surface area contributed by atoms with Crippen molar-refractivity contribution >= 4 is 11.5 Å². The highest BCUT2D eigenvalue weighted by atomic mass is 32.1. The van der Waals surface area contributed by atoms with Gasteiger partial charge in [0, 0.05) is 11.5 Å². The lowest BCUT2D eigenvalue weighted by Crippen LogP contribution is -2.32. The van der Waals surface area contributed by atoms with Crippen LogP contribution >= 0.6 is 11.5 Å². The Balaban J connectivity index is 2.85. The van der Waals surface area contributed by atoms with Gasteiger partial charge in [-0.3, -0.25) is 0 Å². The lowest BCUT2D eigenvalue weighted by molar-refractivity contribution is 0.438. The molecular weight excluding hydrogens is 148 g/mol. The quantitative estimate of drug-likeness (QED) is 0.676. The molecule has 0 atom stereocenters. The summed E-state index contributed by atoms with van der Waals surface area (Å²) >= 11 is 1.32. The van der Waals surface area contributed by atoms with Crippen LogP contribution in [-0.2, 0) is 5.54 Å². The van der Waals surface area contributed by atoms with Gasteiger partial charge in [0.15, 0.2) is 5.01 Å². The largest absolute Gasteiger partial charge is 0.309 e. The number of nitrogens with zero attached hydrogens (tertiary/aromatic N) is 3. The first kappa shape index (κ1) is 7.56. The van der Waals surface area contributed by atoms with Crippen LogP contribution in [0.15, 0.2) is 0 Å². The molecule has 10 heavy (non-hydrogen) atoms. The van der Waals surface area contributed by atoms with Crippen LogP contribution in [0, 0.1) is 0 Å². The maximum atomic E-state index is 3.85. The third-order valence-corrected chi connectivity index (χ3v) is 2.38. The Morgan fingerprint density at radius 1 is 1.50 bits per heavy atom. The lowest BCUT2D eigenvalue weighted by Gasteiger charge is -2.18. The monoisotopic (exact) mass is 158 g/mol. The summed E-state index contributed by atoms with van der Waals surface area (Å²) in [5, 5.41) is 11.4. The standard InChI is InChI=1S/C5H10N4S/c1-5(2,6-3)4-7-8-9-10-4/h6H,1-3H3. The molecule has 1 aromatic rings. The summed E-state index contributed by atoms with van der Waals surface area (Å²) < 4.78 is 3.68. The smallest absolute Gasteiger partial charge is 0.157 e. The van der Waals surface area contributed by atoms with Crippen molar-refractivity contribution in [3.05, 3.63) is 5.01 Å². The van der Waals surface area contributed by atoms with Crippen LogP contribution in [0.1, 0.15) is 18.9 Å². The van der Waals surface area contributed by atoms with Crippen molar-refractivity contribution in [2.75, 3.05) is 7.05 Å². The topological polar surface area (TPSA) is 50.7 Å². The van der Waals surface area contributed by atoms with E-state index in [2.05, 4.69) is 20.1 Å². The molecule has 1 aromatic heterocycles. The fourth-order valence-electron chi connectivity index (χ4n) is 0.480. The Kier molecular flexibility index (Phi) is 1.96. The average molecular weight is 158 g/mol. The third kappa shape index (κ3) is 1.30. The van der Waals surface area contributed by atoms with Crippen LogP contribution in [0.25, 0.3) is 0 Å². The molecule has 1 N–H and O–H groups in total. The molecule has 0 aliphatic carbocycles. The Morgan fingerprint density at radius 2 is 2.20 bits per heavy atom. The number of rotatable bonds is 2. The van der Waals surface area contributed by atoms with E-state index in [0.717, 1.165) is 5.01 Å². The van der Waals surface area contributed by atoms with Crippen LogP contribution in [0.2, 0.25) is 0 Å². The minimum atomic E-state index is -0.103. The summed E-state index contributed by atoms with van der Waals surface area (Å²) in [6.45, 7) is 4.07. The highest BCUT2D eigenvalue weighted by Crippen LogP contribution is 2.17. The molecular formula is C5H10N4S. The molecule has 1 heterocycles. The van der Waals surface area contributed by atoms with Gasteiger partial charge in [-0.25, -0.2) is 0 Å². The molecule has 0 aliphatic rings. The summed E-state index contributed by atoms with van der Waals surface area (Å²) in [6.07, 6.45) is 0. The highest BCUT2D eigenvalue weighted by molar-refractivity contribution is 7.05. The van der Waals surface area contributed by atoms with Gasteiger partial charge in [-0.05, 0) is 26.1 Å². The van der Waals surface area contributed by atoms with Crippen molar-refractivity contribution in [1.29, 1.82) is 0 Å². The molecule has 0 aliphatic heterocycles. The summed E-state index contributed by atoms with van der Waals surface area (Å²) in [5.74, 6) is 0. The molecule has 0 amide bonds. The number of hydrogen-bond acceptors (Lipinski definition) is 5. The molecule has 0 saturated carbocycles. The minimum Gasteiger partial charge on any atom is -0.309 e. The van der Waals surface area contributed by atoms with E-state index >= 15 is 0 Å². The number of nitrogens with one attached hydrogen (secondary N) is 1. The van der Waals surface area contributed by atoms with Crippen molar-refractivity contribution < 1.29 is 0 Å². The molecule has 0 spiro atoms. The van der Waals surface area contributed by atoms with Gasteiger partial charge in [-0.2, -0.15) is 0 Å². The predicted molar refractivity (Wildman–Crippen MR) is 39.8 cm³/mol. The molecule has 4 nitrogen and oxygen atoms in total.